The minimum absolute atomic E-state index is 0.154. The topological polar surface area (TPSA) is 54.0 Å². The van der Waals surface area contributed by atoms with Gasteiger partial charge in [-0.2, -0.15) is 0 Å². The molecular formula is C27H31N3O3. The first kappa shape index (κ1) is 22.7. The van der Waals surface area contributed by atoms with Gasteiger partial charge in [-0.15, -0.1) is 0 Å². The smallest absolute Gasteiger partial charge is 0.251 e. The molecule has 3 aromatic carbocycles. The summed E-state index contributed by atoms with van der Waals surface area (Å²) in [6.45, 7) is 5.40. The minimum Gasteiger partial charge on any atom is -0.497 e. The number of hydrogen-bond donors (Lipinski definition) is 1. The van der Waals surface area contributed by atoms with E-state index in [4.69, 9.17) is 9.47 Å². The van der Waals surface area contributed by atoms with Crippen molar-refractivity contribution in [3.8, 4) is 11.5 Å². The molecule has 172 valence electrons. The average molecular weight is 446 g/mol. The van der Waals surface area contributed by atoms with E-state index in [1.54, 1.807) is 32.4 Å². The van der Waals surface area contributed by atoms with Crippen LogP contribution in [0.25, 0.3) is 0 Å². The van der Waals surface area contributed by atoms with E-state index in [9.17, 15) is 4.79 Å². The van der Waals surface area contributed by atoms with Crippen molar-refractivity contribution in [3.05, 3.63) is 89.5 Å². The molecule has 6 nitrogen and oxygen atoms in total. The van der Waals surface area contributed by atoms with Gasteiger partial charge in [0.05, 0.1) is 14.2 Å². The Kier molecular flexibility index (Phi) is 7.47. The number of piperazine rings is 1. The van der Waals surface area contributed by atoms with Crippen LogP contribution >= 0.6 is 0 Å². The van der Waals surface area contributed by atoms with Crippen LogP contribution < -0.4 is 19.7 Å². The summed E-state index contributed by atoms with van der Waals surface area (Å²) in [7, 11) is 3.15. The van der Waals surface area contributed by atoms with Gasteiger partial charge in [0.2, 0.25) is 0 Å². The molecule has 0 aromatic heterocycles. The van der Waals surface area contributed by atoms with Crippen molar-refractivity contribution in [1.29, 1.82) is 0 Å². The fourth-order valence-corrected chi connectivity index (χ4v) is 4.14. The zero-order valence-electron chi connectivity index (χ0n) is 19.3. The summed E-state index contributed by atoms with van der Waals surface area (Å²) in [5, 5.41) is 3.05. The highest BCUT2D eigenvalue weighted by molar-refractivity contribution is 5.95. The summed E-state index contributed by atoms with van der Waals surface area (Å²) in [6.07, 6.45) is 0. The highest BCUT2D eigenvalue weighted by atomic mass is 16.5. The number of amides is 1. The predicted octanol–water partition coefficient (Wildman–Crippen LogP) is 3.96. The SMILES string of the molecule is COc1cc(OC)cc(C(=O)NCc2ccccc2CN2CCN(c3ccccc3)CC2)c1. The Morgan fingerprint density at radius 2 is 1.42 bits per heavy atom. The standard InChI is InChI=1S/C27H31N3O3/c1-32-25-16-23(17-26(18-25)33-2)27(31)28-19-21-8-6-7-9-22(21)20-29-12-14-30(15-13-29)24-10-4-3-5-11-24/h3-11,16-18H,12-15,19-20H2,1-2H3,(H,28,31). The molecule has 0 radical (unpaired) electrons. The third-order valence-electron chi connectivity index (χ3n) is 6.06. The van der Waals surface area contributed by atoms with Crippen LogP contribution in [0.15, 0.2) is 72.8 Å². The van der Waals surface area contributed by atoms with Gasteiger partial charge in [-0.3, -0.25) is 9.69 Å². The number of carbonyl (C=O) groups is 1. The number of anilines is 1. The maximum absolute atomic E-state index is 12.8. The Morgan fingerprint density at radius 1 is 0.818 bits per heavy atom. The van der Waals surface area contributed by atoms with E-state index < -0.39 is 0 Å². The number of benzene rings is 3. The third-order valence-corrected chi connectivity index (χ3v) is 6.06. The van der Waals surface area contributed by atoms with E-state index in [0.717, 1.165) is 38.3 Å². The fraction of sp³-hybridized carbons (Fsp3) is 0.296. The molecule has 0 atom stereocenters. The first-order valence-corrected chi connectivity index (χ1v) is 11.3. The number of rotatable bonds is 8. The van der Waals surface area contributed by atoms with Crippen molar-refractivity contribution >= 4 is 11.6 Å². The highest BCUT2D eigenvalue weighted by Gasteiger charge is 2.18. The second kappa shape index (κ2) is 10.9. The molecule has 0 aliphatic carbocycles. The molecule has 1 aliphatic heterocycles. The first-order valence-electron chi connectivity index (χ1n) is 11.3. The van der Waals surface area contributed by atoms with Gasteiger partial charge in [0.15, 0.2) is 0 Å². The molecule has 4 rings (SSSR count). The molecule has 0 spiro atoms. The van der Waals surface area contributed by atoms with Crippen LogP contribution in [0.2, 0.25) is 0 Å². The Bertz CT molecular complexity index is 1040. The van der Waals surface area contributed by atoms with Crippen LogP contribution in [0, 0.1) is 0 Å². The van der Waals surface area contributed by atoms with Crippen molar-refractivity contribution in [2.45, 2.75) is 13.1 Å². The molecule has 0 unspecified atom stereocenters. The van der Waals surface area contributed by atoms with Crippen LogP contribution in [0.4, 0.5) is 5.69 Å². The van der Waals surface area contributed by atoms with E-state index in [0.29, 0.717) is 23.6 Å². The number of nitrogens with one attached hydrogen (secondary N) is 1. The number of ether oxygens (including phenoxy) is 2. The lowest BCUT2D eigenvalue weighted by Gasteiger charge is -2.36. The van der Waals surface area contributed by atoms with Gasteiger partial charge in [-0.1, -0.05) is 42.5 Å². The zero-order chi connectivity index (χ0) is 23.0. The van der Waals surface area contributed by atoms with Crippen LogP contribution in [0.1, 0.15) is 21.5 Å². The van der Waals surface area contributed by atoms with Crippen molar-refractivity contribution in [2.24, 2.45) is 0 Å². The summed E-state index contributed by atoms with van der Waals surface area (Å²) in [5.41, 5.74) is 4.18. The zero-order valence-corrected chi connectivity index (χ0v) is 19.3. The van der Waals surface area contributed by atoms with Crippen molar-refractivity contribution < 1.29 is 14.3 Å². The molecule has 0 saturated carbocycles. The maximum atomic E-state index is 12.8. The maximum Gasteiger partial charge on any atom is 0.251 e. The summed E-state index contributed by atoms with van der Waals surface area (Å²) in [4.78, 5) is 17.7. The molecule has 6 heteroatoms. The number of carbonyl (C=O) groups excluding carboxylic acids is 1. The van der Waals surface area contributed by atoms with Crippen LogP contribution in [0.5, 0.6) is 11.5 Å². The van der Waals surface area contributed by atoms with Crippen molar-refractivity contribution in [2.75, 3.05) is 45.3 Å². The Hall–Kier alpha value is -3.51. The number of para-hydroxylation sites is 1. The largest absolute Gasteiger partial charge is 0.497 e. The molecule has 1 aliphatic rings. The molecule has 3 aromatic rings. The van der Waals surface area contributed by atoms with Gasteiger partial charge < -0.3 is 19.7 Å². The molecule has 1 amide bonds. The third kappa shape index (κ3) is 5.84. The van der Waals surface area contributed by atoms with Crippen LogP contribution in [-0.4, -0.2) is 51.2 Å². The summed E-state index contributed by atoms with van der Waals surface area (Å²) < 4.78 is 10.6. The summed E-state index contributed by atoms with van der Waals surface area (Å²) >= 11 is 0. The Labute approximate surface area is 195 Å². The van der Waals surface area contributed by atoms with Gasteiger partial charge in [0.1, 0.15) is 11.5 Å². The Balaban J connectivity index is 1.36. The normalized spacial score (nSPS) is 14.1. The Morgan fingerprint density at radius 3 is 2.06 bits per heavy atom. The molecule has 1 heterocycles. The molecular weight excluding hydrogens is 414 g/mol. The first-order chi connectivity index (χ1) is 16.2. The lowest BCUT2D eigenvalue weighted by molar-refractivity contribution is 0.0950. The second-order valence-corrected chi connectivity index (χ2v) is 8.15. The van der Waals surface area contributed by atoms with Crippen LogP contribution in [0.3, 0.4) is 0 Å². The minimum atomic E-state index is -0.154. The van der Waals surface area contributed by atoms with E-state index in [1.165, 1.54) is 11.3 Å². The fourth-order valence-electron chi connectivity index (χ4n) is 4.14. The van der Waals surface area contributed by atoms with Crippen molar-refractivity contribution in [1.82, 2.24) is 10.2 Å². The molecule has 1 N–H and O–H groups in total. The average Bonchev–Trinajstić information content (AvgIpc) is 2.88. The van der Waals surface area contributed by atoms with Gasteiger partial charge in [0.25, 0.3) is 5.91 Å². The quantitative estimate of drug-likeness (QED) is 0.569. The number of nitrogens with zero attached hydrogens (tertiary/aromatic N) is 2. The summed E-state index contributed by atoms with van der Waals surface area (Å²) in [6, 6.07) is 24.1. The lowest BCUT2D eigenvalue weighted by Crippen LogP contribution is -2.46. The monoisotopic (exact) mass is 445 g/mol. The highest BCUT2D eigenvalue weighted by Crippen LogP contribution is 2.23. The van der Waals surface area contributed by atoms with Gasteiger partial charge >= 0.3 is 0 Å². The van der Waals surface area contributed by atoms with Crippen LogP contribution in [-0.2, 0) is 13.1 Å². The lowest BCUT2D eigenvalue weighted by atomic mass is 10.1. The van der Waals surface area contributed by atoms with E-state index >= 15 is 0 Å². The molecule has 1 saturated heterocycles. The second-order valence-electron chi connectivity index (χ2n) is 8.15. The number of methoxy groups -OCH3 is 2. The molecule has 33 heavy (non-hydrogen) atoms. The van der Waals surface area contributed by atoms with E-state index in [-0.39, 0.29) is 5.91 Å². The van der Waals surface area contributed by atoms with Gasteiger partial charge in [-0.25, -0.2) is 0 Å². The number of hydrogen-bond acceptors (Lipinski definition) is 5. The summed E-state index contributed by atoms with van der Waals surface area (Å²) in [5.74, 6) is 1.03. The predicted molar refractivity (Wildman–Crippen MR) is 131 cm³/mol. The van der Waals surface area contributed by atoms with Crippen molar-refractivity contribution in [3.63, 3.8) is 0 Å². The molecule has 0 bridgehead atoms. The van der Waals surface area contributed by atoms with Gasteiger partial charge in [-0.05, 0) is 35.4 Å². The van der Waals surface area contributed by atoms with E-state index in [2.05, 4.69) is 63.6 Å². The molecule has 1 fully saturated rings. The van der Waals surface area contributed by atoms with E-state index in [1.807, 2.05) is 6.07 Å². The van der Waals surface area contributed by atoms with Gasteiger partial charge in [0, 0.05) is 56.6 Å².